The molecule has 1 aromatic carbocycles. The summed E-state index contributed by atoms with van der Waals surface area (Å²) < 4.78 is 34.8. The summed E-state index contributed by atoms with van der Waals surface area (Å²) in [5.74, 6) is -0.675. The first kappa shape index (κ1) is 25.9. The average molecular weight is 525 g/mol. The number of hydrogen-bond acceptors (Lipinski definition) is 8. The van der Waals surface area contributed by atoms with Crippen LogP contribution >= 0.6 is 0 Å². The van der Waals surface area contributed by atoms with Crippen LogP contribution in [0.1, 0.15) is 39.3 Å². The van der Waals surface area contributed by atoms with Crippen LogP contribution in [0.15, 0.2) is 42.9 Å². The molecule has 0 aliphatic carbocycles. The zero-order valence-corrected chi connectivity index (χ0v) is 21.7. The summed E-state index contributed by atoms with van der Waals surface area (Å²) in [6, 6.07) is 4.94. The summed E-state index contributed by atoms with van der Waals surface area (Å²) in [5.41, 5.74) is -0.311. The van der Waals surface area contributed by atoms with E-state index in [1.165, 1.54) is 32.9 Å². The normalized spacial score (nSPS) is 16.6. The van der Waals surface area contributed by atoms with E-state index in [1.807, 2.05) is 13.2 Å². The molecule has 1 aliphatic rings. The lowest BCUT2D eigenvalue weighted by Gasteiger charge is -2.35. The van der Waals surface area contributed by atoms with Gasteiger partial charge in [0.25, 0.3) is 0 Å². The molecule has 3 aromatic heterocycles. The number of rotatable bonds is 6. The van der Waals surface area contributed by atoms with E-state index in [2.05, 4.69) is 15.0 Å². The number of hydrogen-bond donors (Lipinski definition) is 2. The molecule has 38 heavy (non-hydrogen) atoms. The Morgan fingerprint density at radius 3 is 2.37 bits per heavy atom. The highest BCUT2D eigenvalue weighted by atomic mass is 19.1. The zero-order valence-electron chi connectivity index (χ0n) is 21.7. The van der Waals surface area contributed by atoms with Gasteiger partial charge in [0.1, 0.15) is 28.7 Å². The molecule has 0 radical (unpaired) electrons. The summed E-state index contributed by atoms with van der Waals surface area (Å²) in [6.07, 6.45) is 6.09. The minimum Gasteiger partial charge on any atom is -0.487 e. The fourth-order valence-electron chi connectivity index (χ4n) is 4.42. The standard InChI is InChI=1S/C27H30F2N6O3/c1-26(2,36)27(3,37)23-12-20-21(14-30-23)33-25(24(32-20)16-13-31-34(4)15-16)35-9-7-18(8-10-35)38-22-6-5-17(28)11-19(22)29/h5-6,11-15,18,36-37H,7-10H2,1-4H3/t27-/m1/s1. The quantitative estimate of drug-likeness (QED) is 0.393. The van der Waals surface area contributed by atoms with Gasteiger partial charge in [0.05, 0.1) is 29.2 Å². The van der Waals surface area contributed by atoms with Crippen LogP contribution in [0.4, 0.5) is 14.6 Å². The maximum Gasteiger partial charge on any atom is 0.167 e. The average Bonchev–Trinajstić information content (AvgIpc) is 3.30. The number of aryl methyl sites for hydroxylation is 1. The summed E-state index contributed by atoms with van der Waals surface area (Å²) in [7, 11) is 1.82. The summed E-state index contributed by atoms with van der Waals surface area (Å²) in [6.45, 7) is 5.72. The number of benzene rings is 1. The topological polar surface area (TPSA) is 109 Å². The molecule has 4 aromatic rings. The second kappa shape index (κ2) is 9.55. The van der Waals surface area contributed by atoms with E-state index >= 15 is 0 Å². The van der Waals surface area contributed by atoms with Crippen LogP contribution in [-0.4, -0.2) is 59.7 Å². The van der Waals surface area contributed by atoms with Crippen LogP contribution in [-0.2, 0) is 12.6 Å². The minimum absolute atomic E-state index is 0.0372. The van der Waals surface area contributed by atoms with Gasteiger partial charge in [-0.15, -0.1) is 0 Å². The van der Waals surface area contributed by atoms with E-state index in [9.17, 15) is 19.0 Å². The predicted octanol–water partition coefficient (Wildman–Crippen LogP) is 3.73. The molecule has 1 atom stereocenters. The Kier molecular flexibility index (Phi) is 6.52. The van der Waals surface area contributed by atoms with Gasteiger partial charge in [0.2, 0.25) is 0 Å². The minimum atomic E-state index is -1.61. The van der Waals surface area contributed by atoms with Crippen molar-refractivity contribution in [3.05, 3.63) is 60.2 Å². The van der Waals surface area contributed by atoms with E-state index in [0.29, 0.717) is 48.5 Å². The lowest BCUT2D eigenvalue weighted by atomic mass is 9.84. The number of aliphatic hydroxyl groups is 2. The van der Waals surface area contributed by atoms with Crippen LogP contribution < -0.4 is 9.64 Å². The first-order valence-electron chi connectivity index (χ1n) is 12.4. The Balaban J connectivity index is 1.46. The van der Waals surface area contributed by atoms with Crippen molar-refractivity contribution in [1.29, 1.82) is 0 Å². The molecule has 0 saturated carbocycles. The lowest BCUT2D eigenvalue weighted by Crippen LogP contribution is -2.45. The fraction of sp³-hybridized carbons (Fsp3) is 0.407. The highest BCUT2D eigenvalue weighted by Gasteiger charge is 2.40. The molecule has 0 bridgehead atoms. The molecular formula is C27H30F2N6O3. The van der Waals surface area contributed by atoms with E-state index in [0.717, 1.165) is 11.6 Å². The van der Waals surface area contributed by atoms with Gasteiger partial charge >= 0.3 is 0 Å². The molecule has 2 N–H and O–H groups in total. The maximum atomic E-state index is 14.1. The van der Waals surface area contributed by atoms with Crippen molar-refractivity contribution >= 4 is 16.9 Å². The van der Waals surface area contributed by atoms with Crippen LogP contribution in [0.2, 0.25) is 0 Å². The first-order chi connectivity index (χ1) is 17.9. The van der Waals surface area contributed by atoms with Crippen molar-refractivity contribution < 1.29 is 23.7 Å². The van der Waals surface area contributed by atoms with Crippen LogP contribution in [0.3, 0.4) is 0 Å². The second-order valence-electron chi connectivity index (χ2n) is 10.4. The monoisotopic (exact) mass is 524 g/mol. The Bertz CT molecular complexity index is 1480. The molecule has 0 unspecified atom stereocenters. The van der Waals surface area contributed by atoms with E-state index in [1.54, 1.807) is 23.1 Å². The smallest absolute Gasteiger partial charge is 0.167 e. The summed E-state index contributed by atoms with van der Waals surface area (Å²) in [4.78, 5) is 16.2. The van der Waals surface area contributed by atoms with Gasteiger partial charge in [-0.05, 0) is 39.0 Å². The van der Waals surface area contributed by atoms with E-state index in [-0.39, 0.29) is 17.5 Å². The Labute approximate surface area is 218 Å². The van der Waals surface area contributed by atoms with Crippen molar-refractivity contribution in [1.82, 2.24) is 24.7 Å². The molecule has 4 heterocycles. The number of halogens is 2. The largest absolute Gasteiger partial charge is 0.487 e. The van der Waals surface area contributed by atoms with Gasteiger partial charge < -0.3 is 19.8 Å². The molecule has 9 nitrogen and oxygen atoms in total. The molecule has 1 fully saturated rings. The van der Waals surface area contributed by atoms with Crippen LogP contribution in [0.25, 0.3) is 22.3 Å². The highest BCUT2D eigenvalue weighted by molar-refractivity contribution is 5.83. The number of ether oxygens (including phenoxy) is 1. The van der Waals surface area contributed by atoms with Crippen molar-refractivity contribution in [2.24, 2.45) is 7.05 Å². The number of pyridine rings is 1. The number of anilines is 1. The number of nitrogens with zero attached hydrogens (tertiary/aromatic N) is 6. The first-order valence-corrected chi connectivity index (χ1v) is 12.4. The lowest BCUT2D eigenvalue weighted by molar-refractivity contribution is -0.127. The van der Waals surface area contributed by atoms with E-state index < -0.39 is 22.8 Å². The molecule has 200 valence electrons. The molecule has 1 aliphatic heterocycles. The van der Waals surface area contributed by atoms with Gasteiger partial charge in [-0.25, -0.2) is 18.7 Å². The molecule has 0 amide bonds. The third-order valence-corrected chi connectivity index (χ3v) is 7.13. The van der Waals surface area contributed by atoms with Crippen molar-refractivity contribution in [2.45, 2.75) is 50.9 Å². The Morgan fingerprint density at radius 2 is 1.74 bits per heavy atom. The number of fused-ring (bicyclic) bond motifs is 1. The van der Waals surface area contributed by atoms with E-state index in [4.69, 9.17) is 14.7 Å². The molecule has 0 spiro atoms. The summed E-state index contributed by atoms with van der Waals surface area (Å²) in [5, 5.41) is 25.7. The van der Waals surface area contributed by atoms with Crippen molar-refractivity contribution in [3.63, 3.8) is 0 Å². The Morgan fingerprint density at radius 1 is 1.00 bits per heavy atom. The van der Waals surface area contributed by atoms with Crippen LogP contribution in [0.5, 0.6) is 5.75 Å². The maximum absolute atomic E-state index is 14.1. The van der Waals surface area contributed by atoms with Gasteiger partial charge in [-0.3, -0.25) is 9.67 Å². The van der Waals surface area contributed by atoms with Gasteiger partial charge in [0, 0.05) is 50.8 Å². The highest BCUT2D eigenvalue weighted by Crippen LogP contribution is 2.35. The van der Waals surface area contributed by atoms with Gasteiger partial charge in [0.15, 0.2) is 17.4 Å². The van der Waals surface area contributed by atoms with Gasteiger partial charge in [-0.2, -0.15) is 5.10 Å². The molecule has 11 heteroatoms. The molecule has 5 rings (SSSR count). The molecule has 1 saturated heterocycles. The zero-order chi connectivity index (χ0) is 27.2. The Hall–Kier alpha value is -3.70. The third-order valence-electron chi connectivity index (χ3n) is 7.13. The predicted molar refractivity (Wildman–Crippen MR) is 138 cm³/mol. The van der Waals surface area contributed by atoms with Crippen molar-refractivity contribution in [2.75, 3.05) is 18.0 Å². The third kappa shape index (κ3) is 4.91. The SMILES string of the molecule is Cn1cc(-c2nc3cc([C@@](C)(O)C(C)(C)O)ncc3nc2N2CCC(Oc3ccc(F)cc3F)CC2)cn1. The van der Waals surface area contributed by atoms with Crippen molar-refractivity contribution in [3.8, 4) is 17.0 Å². The number of aromatic nitrogens is 5. The fourth-order valence-corrected chi connectivity index (χ4v) is 4.42. The van der Waals surface area contributed by atoms with Gasteiger partial charge in [-0.1, -0.05) is 0 Å². The number of piperidine rings is 1. The molecular weight excluding hydrogens is 494 g/mol. The second-order valence-corrected chi connectivity index (χ2v) is 10.4. The summed E-state index contributed by atoms with van der Waals surface area (Å²) >= 11 is 0. The van der Waals surface area contributed by atoms with Crippen LogP contribution in [0, 0.1) is 11.6 Å².